The van der Waals surface area contributed by atoms with E-state index in [-0.39, 0.29) is 23.4 Å². The number of benzene rings is 1. The normalized spacial score (nSPS) is 16.7. The molecule has 3 aromatic rings. The lowest BCUT2D eigenvalue weighted by Gasteiger charge is -2.26. The topological polar surface area (TPSA) is 83.6 Å². The van der Waals surface area contributed by atoms with Crippen molar-refractivity contribution in [3.63, 3.8) is 0 Å². The second-order valence-electron chi connectivity index (χ2n) is 6.25. The van der Waals surface area contributed by atoms with E-state index in [1.165, 1.54) is 41.5 Å². The third-order valence-corrected chi connectivity index (χ3v) is 4.55. The van der Waals surface area contributed by atoms with Crippen molar-refractivity contribution in [2.75, 3.05) is 0 Å². The van der Waals surface area contributed by atoms with Crippen LogP contribution in [-0.4, -0.2) is 26.7 Å². The summed E-state index contributed by atoms with van der Waals surface area (Å²) < 4.78 is 19.7. The zero-order chi connectivity index (χ0) is 19.7. The lowest BCUT2D eigenvalue weighted by molar-refractivity contribution is -0.130. The molecule has 0 fully saturated rings. The van der Waals surface area contributed by atoms with Crippen LogP contribution in [0.2, 0.25) is 0 Å². The van der Waals surface area contributed by atoms with Gasteiger partial charge in [0.2, 0.25) is 5.78 Å². The van der Waals surface area contributed by atoms with Crippen LogP contribution in [0.1, 0.15) is 27.9 Å². The third kappa shape index (κ3) is 2.96. The minimum atomic E-state index is -1.10. The fourth-order valence-corrected chi connectivity index (χ4v) is 3.28. The second-order valence-corrected chi connectivity index (χ2v) is 6.25. The predicted molar refractivity (Wildman–Crippen MR) is 96.6 cm³/mol. The number of rotatable bonds is 5. The Morgan fingerprint density at radius 3 is 2.61 bits per heavy atom. The van der Waals surface area contributed by atoms with E-state index >= 15 is 0 Å². The number of amides is 1. The lowest BCUT2D eigenvalue weighted by Crippen LogP contribution is -2.31. The summed E-state index contributed by atoms with van der Waals surface area (Å²) >= 11 is 0. The summed E-state index contributed by atoms with van der Waals surface area (Å²) in [6.45, 7) is -0.00231. The Bertz CT molecular complexity index is 1060. The molecule has 0 spiro atoms. The molecule has 0 bridgehead atoms. The monoisotopic (exact) mass is 378 g/mol. The van der Waals surface area contributed by atoms with Crippen molar-refractivity contribution in [3.05, 3.63) is 101 Å². The van der Waals surface area contributed by atoms with Crippen LogP contribution in [0.25, 0.3) is 0 Å². The molecule has 0 aliphatic carbocycles. The summed E-state index contributed by atoms with van der Waals surface area (Å²) in [6.07, 6.45) is 2.88. The van der Waals surface area contributed by atoms with E-state index in [1.54, 1.807) is 30.5 Å². The van der Waals surface area contributed by atoms with Crippen molar-refractivity contribution >= 4 is 11.7 Å². The van der Waals surface area contributed by atoms with Crippen molar-refractivity contribution in [1.29, 1.82) is 0 Å². The summed E-state index contributed by atoms with van der Waals surface area (Å²) in [5, 5.41) is 10.5. The molecular weight excluding hydrogens is 363 g/mol. The predicted octanol–water partition coefficient (Wildman–Crippen LogP) is 3.59. The molecule has 0 saturated carbocycles. The number of halogens is 1. The highest BCUT2D eigenvalue weighted by Crippen LogP contribution is 2.40. The maximum atomic E-state index is 14.6. The molecule has 0 saturated heterocycles. The molecule has 1 aliphatic heterocycles. The molecule has 4 rings (SSSR count). The van der Waals surface area contributed by atoms with E-state index in [4.69, 9.17) is 4.42 Å². The van der Waals surface area contributed by atoms with Gasteiger partial charge in [0.05, 0.1) is 30.1 Å². The number of aliphatic hydroxyl groups excluding tert-OH is 1. The number of furan rings is 1. The Balaban J connectivity index is 1.82. The quantitative estimate of drug-likeness (QED) is 0.686. The minimum absolute atomic E-state index is 0.00231. The molecular formula is C21H15FN2O4. The average molecular weight is 378 g/mol. The maximum absolute atomic E-state index is 14.6. The van der Waals surface area contributed by atoms with Gasteiger partial charge in [-0.1, -0.05) is 24.3 Å². The van der Waals surface area contributed by atoms with Gasteiger partial charge in [-0.25, -0.2) is 4.39 Å². The summed E-state index contributed by atoms with van der Waals surface area (Å²) in [7, 11) is 0. The standard InChI is InChI=1S/C21H15FN2O4/c22-15-8-2-1-7-14(15)18-17(19(25)16-9-5-11-28-16)20(26)21(27)24(18)12-13-6-3-4-10-23-13/h1-11,18,26H,12H2. The van der Waals surface area contributed by atoms with Gasteiger partial charge < -0.3 is 14.4 Å². The zero-order valence-corrected chi connectivity index (χ0v) is 14.6. The molecule has 3 heterocycles. The summed E-state index contributed by atoms with van der Waals surface area (Å²) in [6, 6.07) is 12.9. The van der Waals surface area contributed by atoms with Gasteiger partial charge in [-0.3, -0.25) is 14.6 Å². The van der Waals surface area contributed by atoms with Crippen LogP contribution in [0.5, 0.6) is 0 Å². The van der Waals surface area contributed by atoms with E-state index in [9.17, 15) is 19.1 Å². The van der Waals surface area contributed by atoms with E-state index in [0.717, 1.165) is 0 Å². The first kappa shape index (κ1) is 17.7. The van der Waals surface area contributed by atoms with Gasteiger partial charge in [-0.2, -0.15) is 0 Å². The molecule has 1 amide bonds. The van der Waals surface area contributed by atoms with Gasteiger partial charge in [0.25, 0.3) is 5.91 Å². The fraction of sp³-hybridized carbons (Fsp3) is 0.0952. The van der Waals surface area contributed by atoms with Gasteiger partial charge in [0.1, 0.15) is 5.82 Å². The van der Waals surface area contributed by atoms with E-state index in [2.05, 4.69) is 4.98 Å². The Morgan fingerprint density at radius 1 is 1.14 bits per heavy atom. The van der Waals surface area contributed by atoms with Crippen LogP contribution in [0.3, 0.4) is 0 Å². The number of aromatic nitrogens is 1. The Kier molecular flexibility index (Phi) is 4.49. The molecule has 1 atom stereocenters. The molecule has 1 aliphatic rings. The van der Waals surface area contributed by atoms with Crippen molar-refractivity contribution in [3.8, 4) is 0 Å². The molecule has 0 radical (unpaired) electrons. The van der Waals surface area contributed by atoms with Crippen LogP contribution >= 0.6 is 0 Å². The molecule has 28 heavy (non-hydrogen) atoms. The first-order valence-corrected chi connectivity index (χ1v) is 8.54. The number of carbonyl (C=O) groups is 2. The number of pyridine rings is 1. The van der Waals surface area contributed by atoms with Crippen LogP contribution in [0.4, 0.5) is 4.39 Å². The van der Waals surface area contributed by atoms with E-state index < -0.39 is 29.3 Å². The largest absolute Gasteiger partial charge is 0.503 e. The SMILES string of the molecule is O=C(C1=C(O)C(=O)N(Cc2ccccn2)C1c1ccccc1F)c1ccco1. The van der Waals surface area contributed by atoms with Crippen molar-refractivity contribution in [2.24, 2.45) is 0 Å². The molecule has 6 nitrogen and oxygen atoms in total. The molecule has 1 aromatic carbocycles. The molecule has 140 valence electrons. The number of nitrogens with zero attached hydrogens (tertiary/aromatic N) is 2. The van der Waals surface area contributed by atoms with Crippen molar-refractivity contribution < 1.29 is 23.5 Å². The van der Waals surface area contributed by atoms with Gasteiger partial charge in [-0.15, -0.1) is 0 Å². The van der Waals surface area contributed by atoms with Gasteiger partial charge in [-0.05, 0) is 30.3 Å². The highest BCUT2D eigenvalue weighted by Gasteiger charge is 2.45. The van der Waals surface area contributed by atoms with Gasteiger partial charge in [0, 0.05) is 11.8 Å². The Labute approximate surface area is 159 Å². The number of hydrogen-bond acceptors (Lipinski definition) is 5. The second kappa shape index (κ2) is 7.11. The number of Topliss-reactive ketones (excluding diaryl/α,β-unsaturated/α-hetero) is 1. The van der Waals surface area contributed by atoms with E-state index in [1.807, 2.05) is 0 Å². The lowest BCUT2D eigenvalue weighted by atomic mass is 9.94. The third-order valence-electron chi connectivity index (χ3n) is 4.55. The summed E-state index contributed by atoms with van der Waals surface area (Å²) in [5.41, 5.74) is 0.420. The van der Waals surface area contributed by atoms with Crippen LogP contribution < -0.4 is 0 Å². The van der Waals surface area contributed by atoms with Gasteiger partial charge in [0.15, 0.2) is 11.5 Å². The smallest absolute Gasteiger partial charge is 0.290 e. The van der Waals surface area contributed by atoms with Crippen LogP contribution in [-0.2, 0) is 11.3 Å². The average Bonchev–Trinajstić information content (AvgIpc) is 3.32. The molecule has 2 aromatic heterocycles. The van der Waals surface area contributed by atoms with E-state index in [0.29, 0.717) is 5.69 Å². The van der Waals surface area contributed by atoms with Crippen molar-refractivity contribution in [1.82, 2.24) is 9.88 Å². The molecule has 1 unspecified atom stereocenters. The number of ketones is 1. The number of hydrogen-bond donors (Lipinski definition) is 1. The Morgan fingerprint density at radius 2 is 1.93 bits per heavy atom. The summed E-state index contributed by atoms with van der Waals surface area (Å²) in [4.78, 5) is 31.1. The highest BCUT2D eigenvalue weighted by molar-refractivity contribution is 6.14. The highest BCUT2D eigenvalue weighted by atomic mass is 19.1. The first-order valence-electron chi connectivity index (χ1n) is 8.54. The summed E-state index contributed by atoms with van der Waals surface area (Å²) in [5.74, 6) is -2.80. The number of aliphatic hydroxyl groups is 1. The van der Waals surface area contributed by atoms with Crippen LogP contribution in [0.15, 0.2) is 82.8 Å². The van der Waals surface area contributed by atoms with Crippen LogP contribution in [0, 0.1) is 5.82 Å². The zero-order valence-electron chi connectivity index (χ0n) is 14.6. The maximum Gasteiger partial charge on any atom is 0.290 e. The van der Waals surface area contributed by atoms with Crippen molar-refractivity contribution in [2.45, 2.75) is 12.6 Å². The number of carbonyl (C=O) groups excluding carboxylic acids is 2. The fourth-order valence-electron chi connectivity index (χ4n) is 3.28. The Hall–Kier alpha value is -3.74. The minimum Gasteiger partial charge on any atom is -0.503 e. The van der Waals surface area contributed by atoms with Gasteiger partial charge >= 0.3 is 0 Å². The first-order chi connectivity index (χ1) is 13.6. The molecule has 7 heteroatoms. The molecule has 1 N–H and O–H groups in total.